The number of nitrogens with zero attached hydrogens (tertiary/aromatic N) is 2. The van der Waals surface area contributed by atoms with Gasteiger partial charge in [0.05, 0.1) is 0 Å². The zero-order chi connectivity index (χ0) is 25.1. The van der Waals surface area contributed by atoms with Gasteiger partial charge >= 0.3 is 0 Å². The molecule has 1 atom stereocenters. The minimum absolute atomic E-state index is 0.244. The average Bonchev–Trinajstić information content (AvgIpc) is 2.87. The van der Waals surface area contributed by atoms with E-state index in [1.165, 1.54) is 89.0 Å². The van der Waals surface area contributed by atoms with Crippen LogP contribution in [0.5, 0.6) is 5.75 Å². The first-order valence-corrected chi connectivity index (χ1v) is 14.1. The fraction of sp³-hybridized carbons (Fsp3) is 0.621. The van der Waals surface area contributed by atoms with E-state index in [1.807, 2.05) is 19.1 Å². The smallest absolute Gasteiger partial charge is 0.266 e. The lowest BCUT2D eigenvalue weighted by Gasteiger charge is -2.17. The largest absolute Gasteiger partial charge is 0.481 e. The molecule has 35 heavy (non-hydrogen) atoms. The zero-order valence-corrected chi connectivity index (χ0v) is 22.5. The molecule has 2 rings (SSSR count). The molecular weight excluding hydrogens is 458 g/mol. The lowest BCUT2D eigenvalue weighted by atomic mass is 10.0. The van der Waals surface area contributed by atoms with Crippen molar-refractivity contribution >= 4 is 23.3 Å². The van der Waals surface area contributed by atoms with Crippen LogP contribution in [0.25, 0.3) is 0 Å². The van der Waals surface area contributed by atoms with Crippen LogP contribution in [0, 0.1) is 0 Å². The van der Waals surface area contributed by atoms with Crippen LogP contribution >= 0.6 is 11.6 Å². The van der Waals surface area contributed by atoms with Gasteiger partial charge in [-0.05, 0) is 49.1 Å². The average molecular weight is 502 g/mol. The van der Waals surface area contributed by atoms with Gasteiger partial charge in [-0.2, -0.15) is 0 Å². The van der Waals surface area contributed by atoms with E-state index < -0.39 is 6.10 Å². The summed E-state index contributed by atoms with van der Waals surface area (Å²) in [5, 5.41) is 10.6. The maximum absolute atomic E-state index is 12.6. The number of benzene rings is 1. The van der Waals surface area contributed by atoms with E-state index in [9.17, 15) is 4.79 Å². The number of hydrogen-bond donors (Lipinski definition) is 1. The number of rotatable bonds is 19. The lowest BCUT2D eigenvalue weighted by Crippen LogP contribution is -2.32. The summed E-state index contributed by atoms with van der Waals surface area (Å²) in [6, 6.07) is 11.3. The Bertz CT molecular complexity index is 829. The predicted octanol–water partition coefficient (Wildman–Crippen LogP) is 8.56. The normalized spacial score (nSPS) is 11.9. The van der Waals surface area contributed by atoms with Gasteiger partial charge in [-0.3, -0.25) is 4.79 Å². The molecule has 6 heteroatoms. The van der Waals surface area contributed by atoms with Crippen molar-refractivity contribution in [3.8, 4) is 5.75 Å². The second-order valence-corrected chi connectivity index (χ2v) is 9.77. The summed E-state index contributed by atoms with van der Waals surface area (Å²) in [6.45, 7) is 4.20. The third kappa shape index (κ3) is 12.9. The zero-order valence-electron chi connectivity index (χ0n) is 21.7. The number of carbonyl (C=O) groups is 1. The Kier molecular flexibility index (Phi) is 15.1. The van der Waals surface area contributed by atoms with Crippen LogP contribution in [0.2, 0.25) is 5.15 Å². The van der Waals surface area contributed by atoms with Gasteiger partial charge in [0.2, 0.25) is 0 Å². The van der Waals surface area contributed by atoms with Crippen LogP contribution in [0.1, 0.15) is 109 Å². The number of amides is 1. The molecule has 1 aromatic heterocycles. The molecule has 1 heterocycles. The third-order valence-corrected chi connectivity index (χ3v) is 6.49. The van der Waals surface area contributed by atoms with Crippen molar-refractivity contribution < 1.29 is 9.53 Å². The first kappa shape index (κ1) is 29.1. The predicted molar refractivity (Wildman–Crippen MR) is 146 cm³/mol. The SMILES string of the molecule is CCCCCCCCCCCCCCCc1cccc(OC(CC)C(=O)Nc2ccc(Cl)nn2)c1. The molecule has 1 amide bonds. The summed E-state index contributed by atoms with van der Waals surface area (Å²) in [7, 11) is 0. The highest BCUT2D eigenvalue weighted by Crippen LogP contribution is 2.19. The number of nitrogens with one attached hydrogen (secondary N) is 1. The van der Waals surface area contributed by atoms with E-state index in [1.54, 1.807) is 12.1 Å². The van der Waals surface area contributed by atoms with Gasteiger partial charge in [0.25, 0.3) is 5.91 Å². The summed E-state index contributed by atoms with van der Waals surface area (Å²) in [5.41, 5.74) is 1.25. The van der Waals surface area contributed by atoms with Crippen LogP contribution in [0.4, 0.5) is 5.82 Å². The summed E-state index contributed by atoms with van der Waals surface area (Å²) >= 11 is 5.75. The van der Waals surface area contributed by atoms with Crippen molar-refractivity contribution in [3.05, 3.63) is 47.1 Å². The minimum Gasteiger partial charge on any atom is -0.481 e. The fourth-order valence-corrected chi connectivity index (χ4v) is 4.30. The summed E-state index contributed by atoms with van der Waals surface area (Å²) < 4.78 is 5.99. The van der Waals surface area contributed by atoms with Gasteiger partial charge in [0, 0.05) is 0 Å². The molecule has 0 aliphatic carbocycles. The maximum atomic E-state index is 12.6. The van der Waals surface area contributed by atoms with Crippen molar-refractivity contribution in [1.29, 1.82) is 0 Å². The van der Waals surface area contributed by atoms with Crippen LogP contribution in [-0.2, 0) is 11.2 Å². The molecule has 194 valence electrons. The monoisotopic (exact) mass is 501 g/mol. The van der Waals surface area contributed by atoms with Gasteiger partial charge in [-0.15, -0.1) is 10.2 Å². The molecule has 0 radical (unpaired) electrons. The number of unbranched alkanes of at least 4 members (excludes halogenated alkanes) is 12. The first-order chi connectivity index (χ1) is 17.1. The molecule has 2 aromatic rings. The molecule has 0 spiro atoms. The van der Waals surface area contributed by atoms with E-state index in [2.05, 4.69) is 34.6 Å². The molecule has 0 bridgehead atoms. The second kappa shape index (κ2) is 18.2. The highest BCUT2D eigenvalue weighted by atomic mass is 35.5. The highest BCUT2D eigenvalue weighted by Gasteiger charge is 2.19. The third-order valence-electron chi connectivity index (χ3n) is 6.29. The lowest BCUT2D eigenvalue weighted by molar-refractivity contribution is -0.122. The van der Waals surface area contributed by atoms with E-state index in [0.29, 0.717) is 12.2 Å². The van der Waals surface area contributed by atoms with Crippen LogP contribution in [0.3, 0.4) is 0 Å². The topological polar surface area (TPSA) is 64.1 Å². The van der Waals surface area contributed by atoms with Gasteiger partial charge in [0.1, 0.15) is 5.75 Å². The Labute approximate surface area is 217 Å². The Morgan fingerprint density at radius 2 is 1.49 bits per heavy atom. The Balaban J connectivity index is 1.60. The maximum Gasteiger partial charge on any atom is 0.266 e. The molecule has 1 N–H and O–H groups in total. The molecular formula is C29H44ClN3O2. The number of anilines is 1. The molecule has 0 saturated heterocycles. The van der Waals surface area contributed by atoms with Crippen LogP contribution < -0.4 is 10.1 Å². The number of hydrogen-bond acceptors (Lipinski definition) is 4. The highest BCUT2D eigenvalue weighted by molar-refractivity contribution is 6.29. The molecule has 1 aromatic carbocycles. The number of ether oxygens (including phenoxy) is 1. The standard InChI is InChI=1S/C29H44ClN3O2/c1-3-5-6-7-8-9-10-11-12-13-14-15-16-18-24-19-17-20-25(23-24)35-26(4-2)29(34)31-28-22-21-27(30)32-33-28/h17,19-23,26H,3-16,18H2,1-2H3,(H,31,33,34). The minimum atomic E-state index is -0.598. The second-order valence-electron chi connectivity index (χ2n) is 9.39. The van der Waals surface area contributed by atoms with Gasteiger partial charge in [-0.1, -0.05) is 115 Å². The summed E-state index contributed by atoms with van der Waals surface area (Å²) in [6.07, 6.45) is 18.7. The molecule has 0 saturated carbocycles. The first-order valence-electron chi connectivity index (χ1n) is 13.7. The van der Waals surface area contributed by atoms with E-state index >= 15 is 0 Å². The van der Waals surface area contributed by atoms with Crippen molar-refractivity contribution in [2.45, 2.75) is 116 Å². The van der Waals surface area contributed by atoms with Gasteiger partial charge in [0.15, 0.2) is 17.1 Å². The van der Waals surface area contributed by atoms with Gasteiger partial charge < -0.3 is 10.1 Å². The Hall–Kier alpha value is -2.14. The van der Waals surface area contributed by atoms with E-state index in [-0.39, 0.29) is 11.1 Å². The van der Waals surface area contributed by atoms with E-state index in [4.69, 9.17) is 16.3 Å². The van der Waals surface area contributed by atoms with Crippen molar-refractivity contribution in [2.75, 3.05) is 5.32 Å². The quantitative estimate of drug-likeness (QED) is 0.196. The van der Waals surface area contributed by atoms with E-state index in [0.717, 1.165) is 12.2 Å². The number of carbonyl (C=O) groups excluding carboxylic acids is 1. The fourth-order valence-electron chi connectivity index (χ4n) is 4.20. The van der Waals surface area contributed by atoms with Crippen molar-refractivity contribution in [1.82, 2.24) is 10.2 Å². The summed E-state index contributed by atoms with van der Waals surface area (Å²) in [5.74, 6) is 0.838. The van der Waals surface area contributed by atoms with Crippen LogP contribution in [-0.4, -0.2) is 22.2 Å². The van der Waals surface area contributed by atoms with Gasteiger partial charge in [-0.25, -0.2) is 0 Å². The van der Waals surface area contributed by atoms with Crippen molar-refractivity contribution in [2.24, 2.45) is 0 Å². The number of halogens is 1. The molecule has 0 fully saturated rings. The number of aromatic nitrogens is 2. The van der Waals surface area contributed by atoms with Crippen LogP contribution in [0.15, 0.2) is 36.4 Å². The molecule has 0 aliphatic heterocycles. The molecule has 5 nitrogen and oxygen atoms in total. The van der Waals surface area contributed by atoms with Crippen molar-refractivity contribution in [3.63, 3.8) is 0 Å². The summed E-state index contributed by atoms with van der Waals surface area (Å²) in [4.78, 5) is 12.6. The number of aryl methyl sites for hydroxylation is 1. The Morgan fingerprint density at radius 1 is 0.857 bits per heavy atom. The molecule has 1 unspecified atom stereocenters. The molecule has 0 aliphatic rings. The Morgan fingerprint density at radius 3 is 2.06 bits per heavy atom.